The average Bonchev–Trinajstić information content (AvgIpc) is 2.44. The molecule has 114 valence electrons. The minimum Gasteiger partial charge on any atom is -0.309 e. The van der Waals surface area contributed by atoms with E-state index in [4.69, 9.17) is 11.6 Å². The Hall–Kier alpha value is -0.670. The van der Waals surface area contributed by atoms with Gasteiger partial charge in [0.2, 0.25) is 0 Å². The van der Waals surface area contributed by atoms with Gasteiger partial charge in [-0.25, -0.2) is 0 Å². The summed E-state index contributed by atoms with van der Waals surface area (Å²) >= 11 is 8.11. The molecule has 0 aliphatic heterocycles. The van der Waals surface area contributed by atoms with Crippen LogP contribution in [0, 0.1) is 0 Å². The van der Waals surface area contributed by atoms with Crippen molar-refractivity contribution in [2.24, 2.45) is 0 Å². The van der Waals surface area contributed by atoms with Crippen molar-refractivity contribution in [3.05, 3.63) is 70.7 Å². The Morgan fingerprint density at radius 2 is 1.67 bits per heavy atom. The van der Waals surface area contributed by atoms with Crippen molar-refractivity contribution in [1.82, 2.24) is 4.90 Å². The van der Waals surface area contributed by atoms with Crippen LogP contribution in [0.1, 0.15) is 16.4 Å². The molecule has 1 unspecified atom stereocenters. The molecule has 1 nitrogen and oxygen atoms in total. The summed E-state index contributed by atoms with van der Waals surface area (Å²) in [5.41, 5.74) is 2.60. The fraction of sp³-hybridized carbons (Fsp3) is 0.294. The van der Waals surface area contributed by atoms with E-state index >= 15 is 0 Å². The molecule has 2 aromatic carbocycles. The molecule has 0 aliphatic carbocycles. The lowest BCUT2D eigenvalue weighted by molar-refractivity contribution is 0.437. The maximum Gasteiger partial charge on any atom is 0.0547 e. The van der Waals surface area contributed by atoms with Crippen LogP contribution in [0.3, 0.4) is 0 Å². The molecule has 0 radical (unpaired) electrons. The topological polar surface area (TPSA) is 3.24 Å². The number of hydrogen-bond donors (Lipinski definition) is 0. The summed E-state index contributed by atoms with van der Waals surface area (Å²) in [7, 11) is 4.22. The molecule has 2 rings (SSSR count). The second-order valence-corrected chi connectivity index (χ2v) is 6.67. The number of nitrogens with zero attached hydrogens (tertiary/aromatic N) is 1. The van der Waals surface area contributed by atoms with Crippen molar-refractivity contribution >= 4 is 35.8 Å². The lowest BCUT2D eigenvalue weighted by Gasteiger charge is -2.19. The van der Waals surface area contributed by atoms with Crippen LogP contribution in [-0.2, 0) is 0 Å². The number of thioether (sulfide) groups is 1. The predicted molar refractivity (Wildman–Crippen MR) is 98.0 cm³/mol. The summed E-state index contributed by atoms with van der Waals surface area (Å²) in [4.78, 5) is 2.22. The van der Waals surface area contributed by atoms with Gasteiger partial charge in [-0.1, -0.05) is 54.1 Å². The van der Waals surface area contributed by atoms with Crippen LogP contribution in [0.25, 0.3) is 0 Å². The van der Waals surface area contributed by atoms with Crippen LogP contribution in [0.4, 0.5) is 0 Å². The standard InChI is InChI=1S/C17H20ClNS.ClH/c1-19(2)11-12-20-17(14-7-4-3-5-8-14)15-9-6-10-16(18)13-15;/h3-10,13,17H,11-12H2,1-2H3;1H. The van der Waals surface area contributed by atoms with Gasteiger partial charge in [0, 0.05) is 17.3 Å². The molecule has 0 spiro atoms. The van der Waals surface area contributed by atoms with Gasteiger partial charge in [0.1, 0.15) is 0 Å². The molecule has 2 aromatic rings. The van der Waals surface area contributed by atoms with E-state index in [-0.39, 0.29) is 12.4 Å². The SMILES string of the molecule is CN(C)CCSC(c1ccccc1)c1cccc(Cl)c1.Cl. The monoisotopic (exact) mass is 341 g/mol. The van der Waals surface area contributed by atoms with E-state index in [1.165, 1.54) is 11.1 Å². The lowest BCUT2D eigenvalue weighted by Crippen LogP contribution is -2.15. The number of rotatable bonds is 6. The molecular formula is C17H21Cl2NS. The van der Waals surface area contributed by atoms with E-state index < -0.39 is 0 Å². The fourth-order valence-electron chi connectivity index (χ4n) is 2.04. The molecule has 0 amide bonds. The van der Waals surface area contributed by atoms with E-state index in [1.54, 1.807) is 0 Å². The first kappa shape index (κ1) is 18.4. The molecule has 0 N–H and O–H groups in total. The Balaban J connectivity index is 0.00000220. The van der Waals surface area contributed by atoms with Crippen molar-refractivity contribution < 1.29 is 0 Å². The molecule has 1 atom stereocenters. The highest BCUT2D eigenvalue weighted by Gasteiger charge is 2.14. The first-order valence-corrected chi connectivity index (χ1v) is 8.16. The van der Waals surface area contributed by atoms with Gasteiger partial charge >= 0.3 is 0 Å². The second-order valence-electron chi connectivity index (χ2n) is 5.02. The van der Waals surface area contributed by atoms with Gasteiger partial charge in [-0.15, -0.1) is 24.2 Å². The molecule has 0 bridgehead atoms. The molecule has 0 aromatic heterocycles. The van der Waals surface area contributed by atoms with Gasteiger partial charge in [-0.2, -0.15) is 0 Å². The van der Waals surface area contributed by atoms with Gasteiger partial charge in [0.05, 0.1) is 5.25 Å². The van der Waals surface area contributed by atoms with Crippen LogP contribution in [0.15, 0.2) is 54.6 Å². The summed E-state index contributed by atoms with van der Waals surface area (Å²) in [6.07, 6.45) is 0. The summed E-state index contributed by atoms with van der Waals surface area (Å²) in [5, 5.41) is 1.14. The minimum absolute atomic E-state index is 0. The quantitative estimate of drug-likeness (QED) is 0.715. The number of benzene rings is 2. The molecule has 0 heterocycles. The van der Waals surface area contributed by atoms with E-state index in [0.717, 1.165) is 17.3 Å². The van der Waals surface area contributed by atoms with Crippen LogP contribution in [0.2, 0.25) is 5.02 Å². The summed E-state index contributed by atoms with van der Waals surface area (Å²) < 4.78 is 0. The number of halogens is 2. The van der Waals surface area contributed by atoms with E-state index in [9.17, 15) is 0 Å². The predicted octanol–water partition coefficient (Wildman–Crippen LogP) is 5.15. The van der Waals surface area contributed by atoms with Gasteiger partial charge in [0.15, 0.2) is 0 Å². The Morgan fingerprint density at radius 1 is 1.00 bits per heavy atom. The van der Waals surface area contributed by atoms with E-state index in [2.05, 4.69) is 61.5 Å². The maximum atomic E-state index is 6.14. The third kappa shape index (κ3) is 5.91. The van der Waals surface area contributed by atoms with Crippen LogP contribution < -0.4 is 0 Å². The van der Waals surface area contributed by atoms with Crippen molar-refractivity contribution in [3.63, 3.8) is 0 Å². The molecule has 0 saturated heterocycles. The highest BCUT2D eigenvalue weighted by Crippen LogP contribution is 2.36. The first-order valence-electron chi connectivity index (χ1n) is 6.73. The third-order valence-corrected chi connectivity index (χ3v) is 4.61. The molecule has 0 aliphatic rings. The summed E-state index contributed by atoms with van der Waals surface area (Å²) in [6, 6.07) is 18.8. The Bertz CT molecular complexity index is 531. The first-order chi connectivity index (χ1) is 9.66. The molecule has 21 heavy (non-hydrogen) atoms. The molecule has 4 heteroatoms. The normalized spacial score (nSPS) is 12.0. The zero-order valence-corrected chi connectivity index (χ0v) is 14.7. The zero-order chi connectivity index (χ0) is 14.4. The lowest BCUT2D eigenvalue weighted by atomic mass is 10.0. The van der Waals surface area contributed by atoms with Gasteiger partial charge in [0.25, 0.3) is 0 Å². The van der Waals surface area contributed by atoms with Crippen molar-refractivity contribution in [3.8, 4) is 0 Å². The number of hydrogen-bond acceptors (Lipinski definition) is 2. The van der Waals surface area contributed by atoms with Crippen molar-refractivity contribution in [2.45, 2.75) is 5.25 Å². The largest absolute Gasteiger partial charge is 0.309 e. The van der Waals surface area contributed by atoms with E-state index in [1.807, 2.05) is 23.9 Å². The third-order valence-electron chi connectivity index (χ3n) is 3.08. The Labute approximate surface area is 143 Å². The molecule has 0 fully saturated rings. The fourth-order valence-corrected chi connectivity index (χ4v) is 3.63. The highest BCUT2D eigenvalue weighted by atomic mass is 35.5. The van der Waals surface area contributed by atoms with Gasteiger partial charge in [-0.05, 0) is 37.4 Å². The summed E-state index contributed by atoms with van der Waals surface area (Å²) in [6.45, 7) is 1.08. The van der Waals surface area contributed by atoms with Crippen LogP contribution in [0.5, 0.6) is 0 Å². The highest BCUT2D eigenvalue weighted by molar-refractivity contribution is 7.99. The second kappa shape index (κ2) is 9.37. The zero-order valence-electron chi connectivity index (χ0n) is 12.3. The average molecular weight is 342 g/mol. The van der Waals surface area contributed by atoms with Gasteiger partial charge in [-0.3, -0.25) is 0 Å². The summed E-state index contributed by atoms with van der Waals surface area (Å²) in [5.74, 6) is 1.10. The smallest absolute Gasteiger partial charge is 0.0547 e. The Kier molecular flexibility index (Phi) is 8.20. The molecular weight excluding hydrogens is 321 g/mol. The van der Waals surface area contributed by atoms with Crippen molar-refractivity contribution in [1.29, 1.82) is 0 Å². The minimum atomic E-state index is 0. The van der Waals surface area contributed by atoms with Crippen LogP contribution in [-0.4, -0.2) is 31.3 Å². The van der Waals surface area contributed by atoms with E-state index in [0.29, 0.717) is 5.25 Å². The van der Waals surface area contributed by atoms with Crippen molar-refractivity contribution in [2.75, 3.05) is 26.4 Å². The van der Waals surface area contributed by atoms with Gasteiger partial charge < -0.3 is 4.90 Å². The Morgan fingerprint density at radius 3 is 2.29 bits per heavy atom. The van der Waals surface area contributed by atoms with Crippen LogP contribution >= 0.6 is 35.8 Å². The maximum absolute atomic E-state index is 6.14. The molecule has 0 saturated carbocycles.